The maximum absolute atomic E-state index is 11.0. The normalized spacial score (nSPS) is 11.9. The molecule has 0 aromatic heterocycles. The Morgan fingerprint density at radius 3 is 2.35 bits per heavy atom. The molecule has 0 aliphatic rings. The summed E-state index contributed by atoms with van der Waals surface area (Å²) in [5.41, 5.74) is 0.806. The number of nitrogens with one attached hydrogen (secondary N) is 1. The number of benzene rings is 1. The highest BCUT2D eigenvalue weighted by Gasteiger charge is 2.16. The van der Waals surface area contributed by atoms with Gasteiger partial charge in [0.1, 0.15) is 0 Å². The molecule has 4 nitrogen and oxygen atoms in total. The van der Waals surface area contributed by atoms with Crippen molar-refractivity contribution < 1.29 is 14.7 Å². The minimum Gasteiger partial charge on any atom is -0.481 e. The first-order valence-electron chi connectivity index (χ1n) is 5.15. The molecule has 5 heteroatoms. The standard InChI is InChI=1S/C12H15NO3S/c1-8(14)13-11(7-12(15)16)9-3-5-10(17-2)6-4-9/h3-6,11H,7H2,1-2H3,(H,13,14)(H,15,16)/t11-/m0/s1. The average molecular weight is 253 g/mol. The Morgan fingerprint density at radius 2 is 1.94 bits per heavy atom. The van der Waals surface area contributed by atoms with Crippen molar-refractivity contribution in [3.63, 3.8) is 0 Å². The molecule has 1 aromatic rings. The number of rotatable bonds is 5. The SMILES string of the molecule is CSc1ccc([C@H](CC(=O)O)NC(C)=O)cc1. The second-order valence-corrected chi connectivity index (χ2v) is 4.50. The summed E-state index contributed by atoms with van der Waals surface area (Å²) in [5, 5.41) is 11.4. The second kappa shape index (κ2) is 6.30. The van der Waals surface area contributed by atoms with Crippen LogP contribution in [0.3, 0.4) is 0 Å². The van der Waals surface area contributed by atoms with Crippen LogP contribution in [0.25, 0.3) is 0 Å². The fourth-order valence-electron chi connectivity index (χ4n) is 1.51. The summed E-state index contributed by atoms with van der Waals surface area (Å²) in [6, 6.07) is 7.04. The Balaban J connectivity index is 2.86. The van der Waals surface area contributed by atoms with Crippen LogP contribution in [0.4, 0.5) is 0 Å². The third-order valence-electron chi connectivity index (χ3n) is 2.27. The van der Waals surface area contributed by atoms with Gasteiger partial charge < -0.3 is 10.4 Å². The average Bonchev–Trinajstić information content (AvgIpc) is 2.27. The predicted molar refractivity (Wildman–Crippen MR) is 67.0 cm³/mol. The molecule has 1 rings (SSSR count). The molecular weight excluding hydrogens is 238 g/mol. The number of carboxylic acid groups (broad SMARTS) is 1. The largest absolute Gasteiger partial charge is 0.481 e. The van der Waals surface area contributed by atoms with Crippen LogP contribution in [0.5, 0.6) is 0 Å². The Bertz CT molecular complexity index is 387. The van der Waals surface area contributed by atoms with Gasteiger partial charge in [0, 0.05) is 11.8 Å². The van der Waals surface area contributed by atoms with E-state index >= 15 is 0 Å². The van der Waals surface area contributed by atoms with Gasteiger partial charge in [-0.3, -0.25) is 9.59 Å². The lowest BCUT2D eigenvalue weighted by Gasteiger charge is -2.16. The lowest BCUT2D eigenvalue weighted by molar-refractivity contribution is -0.137. The van der Waals surface area contributed by atoms with Crippen molar-refractivity contribution >= 4 is 23.6 Å². The van der Waals surface area contributed by atoms with Crippen LogP contribution >= 0.6 is 11.8 Å². The van der Waals surface area contributed by atoms with Crippen molar-refractivity contribution in [1.82, 2.24) is 5.32 Å². The van der Waals surface area contributed by atoms with Crippen LogP contribution in [0.2, 0.25) is 0 Å². The molecule has 0 spiro atoms. The fourth-order valence-corrected chi connectivity index (χ4v) is 1.92. The lowest BCUT2D eigenvalue weighted by Crippen LogP contribution is -2.27. The number of hydrogen-bond acceptors (Lipinski definition) is 3. The fraction of sp³-hybridized carbons (Fsp3) is 0.333. The van der Waals surface area contributed by atoms with Crippen LogP contribution < -0.4 is 5.32 Å². The summed E-state index contributed by atoms with van der Waals surface area (Å²) in [7, 11) is 0. The van der Waals surface area contributed by atoms with Gasteiger partial charge in [0.05, 0.1) is 12.5 Å². The van der Waals surface area contributed by atoms with Crippen molar-refractivity contribution in [1.29, 1.82) is 0 Å². The van der Waals surface area contributed by atoms with E-state index in [2.05, 4.69) is 5.32 Å². The van der Waals surface area contributed by atoms with Crippen molar-refractivity contribution in [3.05, 3.63) is 29.8 Å². The van der Waals surface area contributed by atoms with Crippen molar-refractivity contribution in [2.24, 2.45) is 0 Å². The molecule has 92 valence electrons. The molecule has 1 atom stereocenters. The number of amides is 1. The van der Waals surface area contributed by atoms with Crippen LogP contribution in [-0.2, 0) is 9.59 Å². The summed E-state index contributed by atoms with van der Waals surface area (Å²) in [6.45, 7) is 1.38. The van der Waals surface area contributed by atoms with E-state index < -0.39 is 12.0 Å². The Morgan fingerprint density at radius 1 is 1.35 bits per heavy atom. The predicted octanol–water partition coefficient (Wildman–Crippen LogP) is 2.06. The summed E-state index contributed by atoms with van der Waals surface area (Å²) in [4.78, 5) is 22.9. The molecule has 2 N–H and O–H groups in total. The van der Waals surface area contributed by atoms with E-state index in [4.69, 9.17) is 5.11 Å². The van der Waals surface area contributed by atoms with Crippen molar-refractivity contribution in [2.45, 2.75) is 24.3 Å². The molecule has 0 aliphatic carbocycles. The number of carboxylic acids is 1. The van der Waals surface area contributed by atoms with Gasteiger partial charge in [-0.05, 0) is 24.0 Å². The molecule has 0 saturated carbocycles. The number of thioether (sulfide) groups is 1. The number of aliphatic carboxylic acids is 1. The van der Waals surface area contributed by atoms with E-state index in [0.717, 1.165) is 10.5 Å². The third kappa shape index (κ3) is 4.48. The van der Waals surface area contributed by atoms with Crippen LogP contribution in [-0.4, -0.2) is 23.2 Å². The topological polar surface area (TPSA) is 66.4 Å². The molecule has 1 amide bonds. The molecule has 0 bridgehead atoms. The smallest absolute Gasteiger partial charge is 0.305 e. The van der Waals surface area contributed by atoms with E-state index in [1.807, 2.05) is 30.5 Å². The number of hydrogen-bond donors (Lipinski definition) is 2. The lowest BCUT2D eigenvalue weighted by atomic mass is 10.0. The number of carbonyl (C=O) groups is 2. The van der Waals surface area contributed by atoms with E-state index in [1.54, 1.807) is 11.8 Å². The van der Waals surface area contributed by atoms with E-state index in [0.29, 0.717) is 0 Å². The summed E-state index contributed by atoms with van der Waals surface area (Å²) in [5.74, 6) is -1.16. The Labute approximate surface area is 104 Å². The molecule has 0 aliphatic heterocycles. The zero-order valence-corrected chi connectivity index (χ0v) is 10.6. The van der Waals surface area contributed by atoms with E-state index in [1.165, 1.54) is 6.92 Å². The van der Waals surface area contributed by atoms with Gasteiger partial charge in [0.2, 0.25) is 5.91 Å². The van der Waals surface area contributed by atoms with Crippen LogP contribution in [0.15, 0.2) is 29.2 Å². The number of carbonyl (C=O) groups excluding carboxylic acids is 1. The summed E-state index contributed by atoms with van der Waals surface area (Å²) < 4.78 is 0. The third-order valence-corrected chi connectivity index (χ3v) is 3.02. The van der Waals surface area contributed by atoms with Crippen LogP contribution in [0.1, 0.15) is 24.9 Å². The molecule has 0 unspecified atom stereocenters. The van der Waals surface area contributed by atoms with Gasteiger partial charge >= 0.3 is 5.97 Å². The second-order valence-electron chi connectivity index (χ2n) is 3.62. The van der Waals surface area contributed by atoms with Gasteiger partial charge in [0.15, 0.2) is 0 Å². The van der Waals surface area contributed by atoms with Crippen molar-refractivity contribution in [2.75, 3.05) is 6.26 Å². The minimum atomic E-state index is -0.933. The van der Waals surface area contributed by atoms with Gasteiger partial charge in [-0.15, -0.1) is 11.8 Å². The molecular formula is C12H15NO3S. The first-order valence-corrected chi connectivity index (χ1v) is 6.38. The van der Waals surface area contributed by atoms with Gasteiger partial charge in [-0.2, -0.15) is 0 Å². The minimum absolute atomic E-state index is 0.113. The highest BCUT2D eigenvalue weighted by Crippen LogP contribution is 2.21. The zero-order valence-electron chi connectivity index (χ0n) is 9.77. The van der Waals surface area contributed by atoms with Gasteiger partial charge in [0.25, 0.3) is 0 Å². The maximum Gasteiger partial charge on any atom is 0.305 e. The molecule has 17 heavy (non-hydrogen) atoms. The van der Waals surface area contributed by atoms with E-state index in [-0.39, 0.29) is 12.3 Å². The molecule has 1 aromatic carbocycles. The molecule has 0 saturated heterocycles. The monoisotopic (exact) mass is 253 g/mol. The van der Waals surface area contributed by atoms with Gasteiger partial charge in [-0.1, -0.05) is 12.1 Å². The van der Waals surface area contributed by atoms with Gasteiger partial charge in [-0.25, -0.2) is 0 Å². The Kier molecular flexibility index (Phi) is 5.03. The highest BCUT2D eigenvalue weighted by molar-refractivity contribution is 7.98. The summed E-state index contributed by atoms with van der Waals surface area (Å²) >= 11 is 1.61. The summed E-state index contributed by atoms with van der Waals surface area (Å²) in [6.07, 6.45) is 1.86. The molecule has 0 radical (unpaired) electrons. The molecule has 0 heterocycles. The zero-order chi connectivity index (χ0) is 12.8. The van der Waals surface area contributed by atoms with Crippen LogP contribution in [0, 0.1) is 0 Å². The molecule has 0 fully saturated rings. The maximum atomic E-state index is 11.0. The van der Waals surface area contributed by atoms with Crippen molar-refractivity contribution in [3.8, 4) is 0 Å². The van der Waals surface area contributed by atoms with E-state index in [9.17, 15) is 9.59 Å². The quantitative estimate of drug-likeness (QED) is 0.788. The first kappa shape index (κ1) is 13.6. The first-order chi connectivity index (χ1) is 8.02. The Hall–Kier alpha value is -1.49. The highest BCUT2D eigenvalue weighted by atomic mass is 32.2.